The quantitative estimate of drug-likeness (QED) is 0.587. The van der Waals surface area contributed by atoms with Gasteiger partial charge in [0.25, 0.3) is 5.91 Å². The maximum atomic E-state index is 12.6. The van der Waals surface area contributed by atoms with Crippen molar-refractivity contribution >= 4 is 45.9 Å². The topological polar surface area (TPSA) is 44.7 Å². The molecular weight excluding hydrogens is 402 g/mol. The van der Waals surface area contributed by atoms with Crippen LogP contribution in [0.25, 0.3) is 11.6 Å². The lowest BCUT2D eigenvalue weighted by Crippen LogP contribution is -2.44. The van der Waals surface area contributed by atoms with Crippen molar-refractivity contribution in [3.05, 3.63) is 69.6 Å². The zero-order chi connectivity index (χ0) is 22.3. The third-order valence-corrected chi connectivity index (χ3v) is 6.97. The molecule has 0 atom stereocenters. The molecular formula is C26H29N3OS. The zero-order valence-corrected chi connectivity index (χ0v) is 19.9. The number of amidine groups is 1. The van der Waals surface area contributed by atoms with E-state index in [1.54, 1.807) is 0 Å². The van der Waals surface area contributed by atoms with Gasteiger partial charge in [0.05, 0.1) is 16.1 Å². The van der Waals surface area contributed by atoms with Gasteiger partial charge >= 0.3 is 0 Å². The summed E-state index contributed by atoms with van der Waals surface area (Å²) in [6.45, 7) is 13.9. The standard InChI is InChI=1S/C26H29N3OS/c1-7-29-22-12-11-19(13-20(22)17(3)15-26(29,5)6)14-23-24(30)28-25(31-23)27-21-10-8-9-16(2)18(21)4/h8-15H,7H2,1-6H3,(H,27,28,30)/b23-14-. The lowest BCUT2D eigenvalue weighted by Gasteiger charge is -2.42. The van der Waals surface area contributed by atoms with Crippen LogP contribution in [0.4, 0.5) is 11.4 Å². The Labute approximate surface area is 189 Å². The highest BCUT2D eigenvalue weighted by Crippen LogP contribution is 2.39. The first-order valence-corrected chi connectivity index (χ1v) is 11.5. The minimum atomic E-state index is -0.102. The molecule has 0 radical (unpaired) electrons. The summed E-state index contributed by atoms with van der Waals surface area (Å²) in [6, 6.07) is 12.5. The summed E-state index contributed by atoms with van der Waals surface area (Å²) in [5, 5.41) is 3.53. The number of thioether (sulfide) groups is 1. The second kappa shape index (κ2) is 8.04. The van der Waals surface area contributed by atoms with Gasteiger partial charge < -0.3 is 10.2 Å². The van der Waals surface area contributed by atoms with E-state index in [1.165, 1.54) is 34.1 Å². The summed E-state index contributed by atoms with van der Waals surface area (Å²) < 4.78 is 0. The largest absolute Gasteiger partial charge is 0.363 e. The van der Waals surface area contributed by atoms with Crippen molar-refractivity contribution in [2.45, 2.75) is 47.1 Å². The molecule has 5 heteroatoms. The summed E-state index contributed by atoms with van der Waals surface area (Å²) in [7, 11) is 0. The van der Waals surface area contributed by atoms with Crippen LogP contribution in [0.15, 0.2) is 52.4 Å². The van der Waals surface area contributed by atoms with Crippen molar-refractivity contribution in [3.8, 4) is 0 Å². The van der Waals surface area contributed by atoms with Crippen molar-refractivity contribution in [2.75, 3.05) is 11.4 Å². The van der Waals surface area contributed by atoms with E-state index < -0.39 is 0 Å². The number of anilines is 1. The first-order valence-electron chi connectivity index (χ1n) is 10.7. The Balaban J connectivity index is 1.64. The van der Waals surface area contributed by atoms with Crippen LogP contribution >= 0.6 is 11.8 Å². The molecule has 2 aromatic rings. The van der Waals surface area contributed by atoms with Gasteiger partial charge in [-0.25, -0.2) is 4.99 Å². The molecule has 31 heavy (non-hydrogen) atoms. The summed E-state index contributed by atoms with van der Waals surface area (Å²) in [5.41, 5.74) is 7.96. The number of amides is 1. The lowest BCUT2D eigenvalue weighted by atomic mass is 9.88. The number of aryl methyl sites for hydroxylation is 1. The van der Waals surface area contributed by atoms with Gasteiger partial charge in [0.2, 0.25) is 0 Å². The Kier molecular flexibility index (Phi) is 5.56. The van der Waals surface area contributed by atoms with Crippen LogP contribution in [0, 0.1) is 13.8 Å². The van der Waals surface area contributed by atoms with Gasteiger partial charge in [-0.05, 0) is 99.8 Å². The van der Waals surface area contributed by atoms with Gasteiger partial charge in [-0.3, -0.25) is 4.79 Å². The van der Waals surface area contributed by atoms with E-state index in [0.717, 1.165) is 23.4 Å². The number of aliphatic imine (C=N–C) groups is 1. The molecule has 2 aliphatic rings. The highest BCUT2D eigenvalue weighted by molar-refractivity contribution is 8.18. The van der Waals surface area contributed by atoms with E-state index >= 15 is 0 Å². The summed E-state index contributed by atoms with van der Waals surface area (Å²) in [6.07, 6.45) is 4.27. The maximum absolute atomic E-state index is 12.6. The molecule has 4 nitrogen and oxygen atoms in total. The van der Waals surface area contributed by atoms with Crippen LogP contribution in [-0.2, 0) is 4.79 Å². The Morgan fingerprint density at radius 1 is 1.16 bits per heavy atom. The molecule has 1 amide bonds. The van der Waals surface area contributed by atoms with Crippen molar-refractivity contribution in [3.63, 3.8) is 0 Å². The fourth-order valence-corrected chi connectivity index (χ4v) is 5.20. The fourth-order valence-electron chi connectivity index (χ4n) is 4.37. The molecule has 0 saturated carbocycles. The predicted octanol–water partition coefficient (Wildman–Crippen LogP) is 6.22. The molecule has 2 aliphatic heterocycles. The Morgan fingerprint density at radius 2 is 1.94 bits per heavy atom. The number of hydrogen-bond acceptors (Lipinski definition) is 4. The van der Waals surface area contributed by atoms with Gasteiger partial charge in [-0.1, -0.05) is 24.3 Å². The van der Waals surface area contributed by atoms with Crippen molar-refractivity contribution in [2.24, 2.45) is 4.99 Å². The van der Waals surface area contributed by atoms with Crippen LogP contribution in [0.1, 0.15) is 49.9 Å². The van der Waals surface area contributed by atoms with E-state index in [-0.39, 0.29) is 11.4 Å². The lowest BCUT2D eigenvalue weighted by molar-refractivity contribution is -0.115. The van der Waals surface area contributed by atoms with Crippen LogP contribution in [0.2, 0.25) is 0 Å². The molecule has 4 rings (SSSR count). The van der Waals surface area contributed by atoms with Crippen molar-refractivity contribution in [1.29, 1.82) is 0 Å². The first kappa shape index (κ1) is 21.4. The van der Waals surface area contributed by atoms with Gasteiger partial charge in [0.1, 0.15) is 0 Å². The number of benzene rings is 2. The molecule has 160 valence electrons. The molecule has 0 unspecified atom stereocenters. The molecule has 1 N–H and O–H groups in total. The molecule has 0 spiro atoms. The Hall–Kier alpha value is -2.79. The van der Waals surface area contributed by atoms with E-state index in [1.807, 2.05) is 18.2 Å². The van der Waals surface area contributed by atoms with E-state index in [2.05, 4.69) is 87.1 Å². The highest BCUT2D eigenvalue weighted by atomic mass is 32.2. The number of fused-ring (bicyclic) bond motifs is 1. The normalized spacial score (nSPS) is 20.1. The summed E-state index contributed by atoms with van der Waals surface area (Å²) in [4.78, 5) is 20.3. The number of allylic oxidation sites excluding steroid dienone is 1. The minimum absolute atomic E-state index is 0.00765. The number of rotatable bonds is 3. The molecule has 0 aromatic heterocycles. The van der Waals surface area contributed by atoms with Crippen molar-refractivity contribution in [1.82, 2.24) is 5.32 Å². The predicted molar refractivity (Wildman–Crippen MR) is 134 cm³/mol. The molecule has 1 saturated heterocycles. The number of nitrogens with zero attached hydrogens (tertiary/aromatic N) is 2. The van der Waals surface area contributed by atoms with Crippen molar-refractivity contribution < 1.29 is 4.79 Å². The summed E-state index contributed by atoms with van der Waals surface area (Å²) >= 11 is 1.39. The number of nitrogens with one attached hydrogen (secondary N) is 1. The second-order valence-corrected chi connectivity index (χ2v) is 9.73. The number of carbonyl (C=O) groups excluding carboxylic acids is 1. The minimum Gasteiger partial charge on any atom is -0.363 e. The fraction of sp³-hybridized carbons (Fsp3) is 0.308. The number of carbonyl (C=O) groups is 1. The SMILES string of the molecule is CCN1c2ccc(/C=C3\SC(=Nc4cccc(C)c4C)NC3=O)cc2C(C)=CC1(C)C. The van der Waals surface area contributed by atoms with Gasteiger partial charge in [0, 0.05) is 17.8 Å². The molecule has 0 bridgehead atoms. The van der Waals surface area contributed by atoms with Crippen LogP contribution in [-0.4, -0.2) is 23.2 Å². The van der Waals surface area contributed by atoms with Crippen LogP contribution in [0.3, 0.4) is 0 Å². The molecule has 2 heterocycles. The van der Waals surface area contributed by atoms with Gasteiger partial charge in [0.15, 0.2) is 5.17 Å². The molecule has 1 fully saturated rings. The Bertz CT molecular complexity index is 1160. The maximum Gasteiger partial charge on any atom is 0.264 e. The summed E-state index contributed by atoms with van der Waals surface area (Å²) in [5.74, 6) is -0.102. The van der Waals surface area contributed by atoms with Crippen LogP contribution < -0.4 is 10.2 Å². The smallest absolute Gasteiger partial charge is 0.264 e. The third kappa shape index (κ3) is 4.07. The first-order chi connectivity index (χ1) is 14.7. The highest BCUT2D eigenvalue weighted by Gasteiger charge is 2.30. The molecule has 2 aromatic carbocycles. The van der Waals surface area contributed by atoms with Gasteiger partial charge in [-0.15, -0.1) is 0 Å². The third-order valence-electron chi connectivity index (χ3n) is 6.06. The number of likely N-dealkylation sites (N-methyl/N-ethyl adjacent to an activating group) is 1. The average Bonchev–Trinajstić information content (AvgIpc) is 3.04. The van der Waals surface area contributed by atoms with E-state index in [4.69, 9.17) is 0 Å². The molecule has 0 aliphatic carbocycles. The Morgan fingerprint density at radius 3 is 2.68 bits per heavy atom. The van der Waals surface area contributed by atoms with Crippen LogP contribution in [0.5, 0.6) is 0 Å². The van der Waals surface area contributed by atoms with Gasteiger partial charge in [-0.2, -0.15) is 0 Å². The second-order valence-electron chi connectivity index (χ2n) is 8.70. The number of hydrogen-bond donors (Lipinski definition) is 1. The monoisotopic (exact) mass is 431 g/mol. The van der Waals surface area contributed by atoms with E-state index in [9.17, 15) is 4.79 Å². The average molecular weight is 432 g/mol. The van der Waals surface area contributed by atoms with E-state index in [0.29, 0.717) is 10.1 Å². The zero-order valence-electron chi connectivity index (χ0n) is 19.0.